The van der Waals surface area contributed by atoms with Gasteiger partial charge in [-0.15, -0.1) is 0 Å². The van der Waals surface area contributed by atoms with Crippen molar-refractivity contribution in [3.05, 3.63) is 29.8 Å². The highest BCUT2D eigenvalue weighted by atomic mass is 16.6. The summed E-state index contributed by atoms with van der Waals surface area (Å²) in [5.74, 6) is 0.412. The SMILES string of the molecule is COc1ccc(C2CNC(=O)[C@H]2NC(=O)OC(C)(C)C)cc1. The van der Waals surface area contributed by atoms with Gasteiger partial charge in [0.25, 0.3) is 0 Å². The third-order valence-corrected chi connectivity index (χ3v) is 3.40. The van der Waals surface area contributed by atoms with Crippen LogP contribution in [-0.4, -0.2) is 37.3 Å². The summed E-state index contributed by atoms with van der Waals surface area (Å²) in [5.41, 5.74) is 0.356. The van der Waals surface area contributed by atoms with Crippen LogP contribution in [0.2, 0.25) is 0 Å². The maximum Gasteiger partial charge on any atom is 0.408 e. The van der Waals surface area contributed by atoms with Crippen LogP contribution in [0.4, 0.5) is 4.79 Å². The van der Waals surface area contributed by atoms with Crippen LogP contribution in [0.25, 0.3) is 0 Å². The third kappa shape index (κ3) is 3.90. The monoisotopic (exact) mass is 306 g/mol. The number of carbonyl (C=O) groups excluding carboxylic acids is 2. The molecule has 120 valence electrons. The van der Waals surface area contributed by atoms with Crippen LogP contribution >= 0.6 is 0 Å². The van der Waals surface area contributed by atoms with E-state index in [4.69, 9.17) is 9.47 Å². The van der Waals surface area contributed by atoms with Gasteiger partial charge in [-0.25, -0.2) is 4.79 Å². The van der Waals surface area contributed by atoms with Gasteiger partial charge in [0.1, 0.15) is 17.4 Å². The van der Waals surface area contributed by atoms with E-state index in [2.05, 4.69) is 10.6 Å². The Bertz CT molecular complexity index is 548. The summed E-state index contributed by atoms with van der Waals surface area (Å²) in [7, 11) is 1.60. The van der Waals surface area contributed by atoms with Gasteiger partial charge < -0.3 is 20.1 Å². The highest BCUT2D eigenvalue weighted by Crippen LogP contribution is 2.26. The van der Waals surface area contributed by atoms with E-state index >= 15 is 0 Å². The molecule has 1 aromatic rings. The molecule has 1 heterocycles. The average molecular weight is 306 g/mol. The van der Waals surface area contributed by atoms with Gasteiger partial charge in [0.05, 0.1) is 7.11 Å². The van der Waals surface area contributed by atoms with Gasteiger partial charge in [-0.1, -0.05) is 12.1 Å². The molecule has 0 radical (unpaired) electrons. The van der Waals surface area contributed by atoms with Crippen molar-refractivity contribution in [3.63, 3.8) is 0 Å². The quantitative estimate of drug-likeness (QED) is 0.893. The summed E-state index contributed by atoms with van der Waals surface area (Å²) in [4.78, 5) is 23.9. The largest absolute Gasteiger partial charge is 0.497 e. The summed E-state index contributed by atoms with van der Waals surface area (Å²) in [6, 6.07) is 6.83. The highest BCUT2D eigenvalue weighted by molar-refractivity contribution is 5.89. The molecule has 1 aliphatic heterocycles. The first kappa shape index (κ1) is 16.1. The Morgan fingerprint density at radius 3 is 2.45 bits per heavy atom. The predicted molar refractivity (Wildman–Crippen MR) is 81.9 cm³/mol. The lowest BCUT2D eigenvalue weighted by Gasteiger charge is -2.23. The Morgan fingerprint density at radius 1 is 1.27 bits per heavy atom. The highest BCUT2D eigenvalue weighted by Gasteiger charge is 2.37. The van der Waals surface area contributed by atoms with Crippen molar-refractivity contribution < 1.29 is 19.1 Å². The van der Waals surface area contributed by atoms with E-state index in [0.29, 0.717) is 6.54 Å². The van der Waals surface area contributed by atoms with E-state index in [9.17, 15) is 9.59 Å². The van der Waals surface area contributed by atoms with Crippen LogP contribution in [0.5, 0.6) is 5.75 Å². The van der Waals surface area contributed by atoms with Crippen molar-refractivity contribution in [2.75, 3.05) is 13.7 Å². The summed E-state index contributed by atoms with van der Waals surface area (Å²) >= 11 is 0. The van der Waals surface area contributed by atoms with Crippen LogP contribution < -0.4 is 15.4 Å². The first-order valence-electron chi connectivity index (χ1n) is 7.21. The molecule has 2 N–H and O–H groups in total. The molecule has 1 aromatic carbocycles. The van der Waals surface area contributed by atoms with E-state index in [-0.39, 0.29) is 11.8 Å². The third-order valence-electron chi connectivity index (χ3n) is 3.40. The van der Waals surface area contributed by atoms with E-state index in [0.717, 1.165) is 11.3 Å². The van der Waals surface area contributed by atoms with Gasteiger partial charge in [-0.3, -0.25) is 4.79 Å². The summed E-state index contributed by atoms with van der Waals surface area (Å²) < 4.78 is 10.3. The van der Waals surface area contributed by atoms with Crippen molar-refractivity contribution in [2.45, 2.75) is 38.3 Å². The van der Waals surface area contributed by atoms with Crippen LogP contribution in [0, 0.1) is 0 Å². The van der Waals surface area contributed by atoms with Gasteiger partial charge in [0.15, 0.2) is 0 Å². The number of methoxy groups -OCH3 is 1. The normalized spacial score (nSPS) is 21.2. The number of ether oxygens (including phenoxy) is 2. The zero-order valence-corrected chi connectivity index (χ0v) is 13.3. The van der Waals surface area contributed by atoms with Gasteiger partial charge in [-0.2, -0.15) is 0 Å². The number of alkyl carbamates (subject to hydrolysis) is 1. The van der Waals surface area contributed by atoms with E-state index < -0.39 is 17.7 Å². The Kier molecular flexibility index (Phi) is 4.59. The molecular weight excluding hydrogens is 284 g/mol. The Labute approximate surface area is 130 Å². The van der Waals surface area contributed by atoms with Gasteiger partial charge in [0.2, 0.25) is 5.91 Å². The summed E-state index contributed by atoms with van der Waals surface area (Å²) in [6.07, 6.45) is -0.590. The molecule has 0 bridgehead atoms. The first-order chi connectivity index (χ1) is 10.3. The molecule has 2 atom stereocenters. The maximum atomic E-state index is 12.0. The standard InChI is InChI=1S/C16H22N2O4/c1-16(2,3)22-15(20)18-13-12(9-17-14(13)19)10-5-7-11(21-4)8-6-10/h5-8,12-13H,9H2,1-4H3,(H,17,19)(H,18,20)/t12?,13-/m0/s1. The molecule has 0 spiro atoms. The first-order valence-corrected chi connectivity index (χ1v) is 7.21. The van der Waals surface area contributed by atoms with Gasteiger partial charge in [0, 0.05) is 12.5 Å². The Balaban J connectivity index is 2.10. The second-order valence-corrected chi connectivity index (χ2v) is 6.25. The maximum absolute atomic E-state index is 12.0. The fourth-order valence-corrected chi connectivity index (χ4v) is 2.38. The molecule has 0 aromatic heterocycles. The zero-order valence-electron chi connectivity index (χ0n) is 13.3. The molecule has 1 saturated heterocycles. The van der Waals surface area contributed by atoms with Crippen LogP contribution in [-0.2, 0) is 9.53 Å². The van der Waals surface area contributed by atoms with Gasteiger partial charge >= 0.3 is 6.09 Å². The lowest BCUT2D eigenvalue weighted by Crippen LogP contribution is -2.45. The van der Waals surface area contributed by atoms with Crippen LogP contribution in [0.15, 0.2) is 24.3 Å². The van der Waals surface area contributed by atoms with Gasteiger partial charge in [-0.05, 0) is 38.5 Å². The number of carbonyl (C=O) groups is 2. The van der Waals surface area contributed by atoms with Crippen molar-refractivity contribution in [1.29, 1.82) is 0 Å². The second kappa shape index (κ2) is 6.25. The van der Waals surface area contributed by atoms with Crippen molar-refractivity contribution in [1.82, 2.24) is 10.6 Å². The number of hydrogen-bond acceptors (Lipinski definition) is 4. The fourth-order valence-electron chi connectivity index (χ4n) is 2.38. The van der Waals surface area contributed by atoms with E-state index in [1.807, 2.05) is 24.3 Å². The average Bonchev–Trinajstić information content (AvgIpc) is 2.78. The smallest absolute Gasteiger partial charge is 0.408 e. The zero-order chi connectivity index (χ0) is 16.3. The lowest BCUT2D eigenvalue weighted by atomic mass is 9.94. The Morgan fingerprint density at radius 2 is 1.91 bits per heavy atom. The number of amides is 2. The van der Waals surface area contributed by atoms with Crippen LogP contribution in [0.3, 0.4) is 0 Å². The molecule has 22 heavy (non-hydrogen) atoms. The predicted octanol–water partition coefficient (Wildman–Crippen LogP) is 1.80. The van der Waals surface area contributed by atoms with Crippen molar-refractivity contribution >= 4 is 12.0 Å². The number of nitrogens with one attached hydrogen (secondary N) is 2. The molecule has 1 unspecified atom stereocenters. The molecule has 0 aliphatic carbocycles. The molecule has 1 aliphatic rings. The molecule has 1 fully saturated rings. The minimum absolute atomic E-state index is 0.133. The number of rotatable bonds is 3. The van der Waals surface area contributed by atoms with Crippen molar-refractivity contribution in [2.24, 2.45) is 0 Å². The Hall–Kier alpha value is -2.24. The number of benzene rings is 1. The summed E-state index contributed by atoms with van der Waals surface area (Å²) in [5, 5.41) is 5.43. The van der Waals surface area contributed by atoms with E-state index in [1.54, 1.807) is 27.9 Å². The minimum atomic E-state index is -0.636. The fraction of sp³-hybridized carbons (Fsp3) is 0.500. The minimum Gasteiger partial charge on any atom is -0.497 e. The van der Waals surface area contributed by atoms with Crippen molar-refractivity contribution in [3.8, 4) is 5.75 Å². The van der Waals surface area contributed by atoms with E-state index in [1.165, 1.54) is 0 Å². The second-order valence-electron chi connectivity index (χ2n) is 6.25. The topological polar surface area (TPSA) is 76.7 Å². The molecule has 6 nitrogen and oxygen atoms in total. The van der Waals surface area contributed by atoms with Crippen LogP contribution in [0.1, 0.15) is 32.3 Å². The molecule has 6 heteroatoms. The molecule has 0 saturated carbocycles. The lowest BCUT2D eigenvalue weighted by molar-refractivity contribution is -0.121. The number of hydrogen-bond donors (Lipinski definition) is 2. The molecular formula is C16H22N2O4. The molecule has 2 amide bonds. The molecule has 2 rings (SSSR count). The summed E-state index contributed by atoms with van der Waals surface area (Å²) in [6.45, 7) is 5.82.